The zero-order chi connectivity index (χ0) is 23.8. The molecule has 0 bridgehead atoms. The summed E-state index contributed by atoms with van der Waals surface area (Å²) in [7, 11) is 4.12. The van der Waals surface area contributed by atoms with E-state index < -0.39 is 35.9 Å². The Morgan fingerprint density at radius 1 is 1.00 bits per heavy atom. The molecule has 0 radical (unpaired) electrons. The van der Waals surface area contributed by atoms with Crippen molar-refractivity contribution >= 4 is 17.7 Å². The van der Waals surface area contributed by atoms with Crippen LogP contribution in [0.1, 0.15) is 47.5 Å². The molecule has 0 saturated carbocycles. The van der Waals surface area contributed by atoms with Gasteiger partial charge in [0, 0.05) is 21.2 Å². The number of ether oxygens (including phenoxy) is 1. The molecule has 10 heteroatoms. The van der Waals surface area contributed by atoms with Crippen molar-refractivity contribution in [1.29, 1.82) is 0 Å². The maximum atomic E-state index is 12.8. The zero-order valence-electron chi connectivity index (χ0n) is 19.2. The van der Waals surface area contributed by atoms with Gasteiger partial charge in [-0.05, 0) is 18.3 Å². The highest BCUT2D eigenvalue weighted by atomic mass is 19.4. The summed E-state index contributed by atoms with van der Waals surface area (Å²) in [5, 5.41) is 2.39. The molecule has 30 heavy (non-hydrogen) atoms. The van der Waals surface area contributed by atoms with Gasteiger partial charge in [-0.3, -0.25) is 14.4 Å². The van der Waals surface area contributed by atoms with Gasteiger partial charge >= 0.3 is 12.1 Å². The molecule has 0 aromatic carbocycles. The smallest absolute Gasteiger partial charge is 0.379 e. The van der Waals surface area contributed by atoms with E-state index in [0.29, 0.717) is 11.3 Å². The Labute approximate surface area is 177 Å². The fourth-order valence-electron chi connectivity index (χ4n) is 3.60. The number of carbonyl (C=O) groups is 3. The topological polar surface area (TPSA) is 79.0 Å². The van der Waals surface area contributed by atoms with Crippen LogP contribution in [-0.4, -0.2) is 79.6 Å². The molecule has 0 saturated heterocycles. The fourth-order valence-corrected chi connectivity index (χ4v) is 3.60. The van der Waals surface area contributed by atoms with Crippen LogP contribution in [-0.2, 0) is 19.1 Å². The quantitative estimate of drug-likeness (QED) is 0.536. The van der Waals surface area contributed by atoms with Crippen molar-refractivity contribution in [3.8, 4) is 0 Å². The average molecular weight is 440 g/mol. The van der Waals surface area contributed by atoms with E-state index in [4.69, 9.17) is 4.74 Å². The maximum Gasteiger partial charge on any atom is 0.471 e. The van der Waals surface area contributed by atoms with Crippen LogP contribution in [0.3, 0.4) is 0 Å². The summed E-state index contributed by atoms with van der Waals surface area (Å²) in [6.07, 6.45) is -3.77. The monoisotopic (exact) mass is 439 g/mol. The number of amides is 3. The molecule has 0 heterocycles. The molecule has 7 nitrogen and oxygen atoms in total. The third-order valence-electron chi connectivity index (χ3n) is 5.45. The molecule has 0 aromatic rings. The van der Waals surface area contributed by atoms with E-state index in [-0.39, 0.29) is 24.6 Å². The number of halogens is 3. The van der Waals surface area contributed by atoms with E-state index in [9.17, 15) is 27.6 Å². The summed E-state index contributed by atoms with van der Waals surface area (Å²) in [5.74, 6) is -3.76. The lowest BCUT2D eigenvalue weighted by Crippen LogP contribution is -2.56. The number of hydrogen-bond acceptors (Lipinski definition) is 4. The Morgan fingerprint density at radius 2 is 1.53 bits per heavy atom. The van der Waals surface area contributed by atoms with Gasteiger partial charge in [0.05, 0.1) is 18.7 Å². The second-order valence-electron chi connectivity index (χ2n) is 7.88. The lowest BCUT2D eigenvalue weighted by molar-refractivity contribution is -0.187. The van der Waals surface area contributed by atoms with Gasteiger partial charge in [-0.1, -0.05) is 41.0 Å². The van der Waals surface area contributed by atoms with Gasteiger partial charge < -0.3 is 19.9 Å². The van der Waals surface area contributed by atoms with Crippen LogP contribution >= 0.6 is 0 Å². The number of methoxy groups -OCH3 is 1. The van der Waals surface area contributed by atoms with Gasteiger partial charge in [0.15, 0.2) is 0 Å². The summed E-state index contributed by atoms with van der Waals surface area (Å²) in [4.78, 5) is 38.6. The minimum Gasteiger partial charge on any atom is -0.379 e. The third-order valence-corrected chi connectivity index (χ3v) is 5.45. The van der Waals surface area contributed by atoms with Gasteiger partial charge in [-0.2, -0.15) is 13.2 Å². The number of carbonyl (C=O) groups excluding carboxylic acids is 3. The Morgan fingerprint density at radius 3 is 1.90 bits per heavy atom. The predicted octanol–water partition coefficient (Wildman–Crippen LogP) is 2.45. The lowest BCUT2D eigenvalue weighted by atomic mass is 9.91. The molecular weight excluding hydrogens is 403 g/mol. The number of nitrogens with one attached hydrogen (secondary N) is 1. The van der Waals surface area contributed by atoms with Crippen LogP contribution in [0.15, 0.2) is 0 Å². The number of hydrogen-bond donors (Lipinski definition) is 1. The largest absolute Gasteiger partial charge is 0.471 e. The summed E-state index contributed by atoms with van der Waals surface area (Å²) in [5.41, 5.74) is 0. The molecular formula is C20H36F3N3O4. The first-order valence-electron chi connectivity index (χ1n) is 10.1. The van der Waals surface area contributed by atoms with E-state index in [1.807, 2.05) is 20.8 Å². The molecule has 0 aliphatic rings. The van der Waals surface area contributed by atoms with Gasteiger partial charge in [0.25, 0.3) is 0 Å². The molecule has 0 aromatic heterocycles. The minimum atomic E-state index is -5.09. The fraction of sp³-hybridized carbons (Fsp3) is 0.850. The maximum absolute atomic E-state index is 12.8. The van der Waals surface area contributed by atoms with E-state index >= 15 is 0 Å². The summed E-state index contributed by atoms with van der Waals surface area (Å²) in [6, 6.07) is -1.57. The molecule has 1 N–H and O–H groups in total. The Bertz CT molecular complexity index is 580. The summed E-state index contributed by atoms with van der Waals surface area (Å²) in [6.45, 7) is 8.62. The van der Waals surface area contributed by atoms with Crippen molar-refractivity contribution < 1.29 is 32.3 Å². The molecule has 0 spiro atoms. The highest BCUT2D eigenvalue weighted by Crippen LogP contribution is 2.22. The van der Waals surface area contributed by atoms with Crippen molar-refractivity contribution in [3.63, 3.8) is 0 Å². The van der Waals surface area contributed by atoms with Gasteiger partial charge in [-0.15, -0.1) is 0 Å². The molecule has 4 unspecified atom stereocenters. The van der Waals surface area contributed by atoms with E-state index in [1.165, 1.54) is 18.7 Å². The van der Waals surface area contributed by atoms with Crippen molar-refractivity contribution in [3.05, 3.63) is 0 Å². The number of alkyl halides is 3. The van der Waals surface area contributed by atoms with Crippen LogP contribution in [0.5, 0.6) is 0 Å². The van der Waals surface area contributed by atoms with Gasteiger partial charge in [-0.25, -0.2) is 0 Å². The molecule has 0 aliphatic heterocycles. The molecule has 3 amide bonds. The van der Waals surface area contributed by atoms with Crippen molar-refractivity contribution in [2.45, 2.75) is 71.8 Å². The number of nitrogens with zero attached hydrogens (tertiary/aromatic N) is 2. The van der Waals surface area contributed by atoms with Crippen molar-refractivity contribution in [2.75, 3.05) is 27.7 Å². The minimum absolute atomic E-state index is 0.138. The standard InChI is InChI=1S/C20H36F3N3O4/c1-9-13(5)17(14(10-2)30-8)25(6)15(27)11-24-18(28)16(12(3)4)26(7)19(29)20(21,22)23/h12-14,16-17H,9-11H2,1-8H3,(H,24,28). The molecule has 0 aliphatic carbocycles. The van der Waals surface area contributed by atoms with Crippen LogP contribution in [0.25, 0.3) is 0 Å². The highest BCUT2D eigenvalue weighted by molar-refractivity contribution is 5.92. The van der Waals surface area contributed by atoms with E-state index in [0.717, 1.165) is 13.5 Å². The van der Waals surface area contributed by atoms with Crippen LogP contribution < -0.4 is 5.32 Å². The Balaban J connectivity index is 5.31. The second-order valence-corrected chi connectivity index (χ2v) is 7.88. The first-order chi connectivity index (χ1) is 13.7. The Hall–Kier alpha value is -1.84. The van der Waals surface area contributed by atoms with E-state index in [1.54, 1.807) is 14.2 Å². The molecule has 0 fully saturated rings. The molecule has 176 valence electrons. The third kappa shape index (κ3) is 7.45. The first kappa shape index (κ1) is 28.2. The van der Waals surface area contributed by atoms with Crippen molar-refractivity contribution in [1.82, 2.24) is 15.1 Å². The Kier molecular flexibility index (Phi) is 11.4. The predicted molar refractivity (Wildman–Crippen MR) is 108 cm³/mol. The second kappa shape index (κ2) is 12.1. The molecule has 4 atom stereocenters. The van der Waals surface area contributed by atoms with Gasteiger partial charge in [0.1, 0.15) is 6.04 Å². The molecule has 0 rings (SSSR count). The van der Waals surface area contributed by atoms with E-state index in [2.05, 4.69) is 5.32 Å². The first-order valence-corrected chi connectivity index (χ1v) is 10.1. The van der Waals surface area contributed by atoms with Crippen LogP contribution in [0, 0.1) is 11.8 Å². The number of rotatable bonds is 11. The summed E-state index contributed by atoms with van der Waals surface area (Å²) < 4.78 is 43.8. The average Bonchev–Trinajstić information content (AvgIpc) is 2.67. The lowest BCUT2D eigenvalue weighted by Gasteiger charge is -2.37. The van der Waals surface area contributed by atoms with Gasteiger partial charge in [0.2, 0.25) is 11.8 Å². The van der Waals surface area contributed by atoms with Crippen LogP contribution in [0.4, 0.5) is 13.2 Å². The highest BCUT2D eigenvalue weighted by Gasteiger charge is 2.45. The van der Waals surface area contributed by atoms with Crippen LogP contribution in [0.2, 0.25) is 0 Å². The summed E-state index contributed by atoms with van der Waals surface area (Å²) >= 11 is 0. The number of likely N-dealkylation sites (N-methyl/N-ethyl adjacent to an activating group) is 2. The SMILES string of the molecule is CCC(C)C(C(CC)OC)N(C)C(=O)CNC(=O)C(C(C)C)N(C)C(=O)C(F)(F)F. The zero-order valence-corrected chi connectivity index (χ0v) is 19.2. The van der Waals surface area contributed by atoms with Crippen molar-refractivity contribution in [2.24, 2.45) is 11.8 Å². The normalized spacial score (nSPS) is 15.9.